The van der Waals surface area contributed by atoms with Crippen LogP contribution in [0.15, 0.2) is 51.1 Å². The lowest BCUT2D eigenvalue weighted by Gasteiger charge is -2.39. The molecule has 0 radical (unpaired) electrons. The van der Waals surface area contributed by atoms with E-state index >= 15 is 0 Å². The fourth-order valence-corrected chi connectivity index (χ4v) is 7.19. The molecule has 1 unspecified atom stereocenters. The van der Waals surface area contributed by atoms with Gasteiger partial charge in [-0.25, -0.2) is 0 Å². The van der Waals surface area contributed by atoms with E-state index in [1.54, 1.807) is 0 Å². The molecular formula is C16H18ClNO2S. The molecule has 1 aromatic rings. The van der Waals surface area contributed by atoms with E-state index in [0.717, 1.165) is 29.4 Å². The molecule has 5 heteroatoms. The molecule has 0 saturated carbocycles. The smallest absolute Gasteiger partial charge is 0.315 e. The van der Waals surface area contributed by atoms with Gasteiger partial charge in [0.05, 0.1) is 17.9 Å². The van der Waals surface area contributed by atoms with Crippen LogP contribution >= 0.6 is 21.6 Å². The molecule has 1 N–H and O–H groups in total. The van der Waals surface area contributed by atoms with Crippen LogP contribution in [0.25, 0.3) is 0 Å². The Hall–Kier alpha value is -1.23. The van der Waals surface area contributed by atoms with Gasteiger partial charge in [-0.3, -0.25) is 4.79 Å². The van der Waals surface area contributed by atoms with Crippen molar-refractivity contribution in [1.29, 1.82) is 0 Å². The quantitative estimate of drug-likeness (QED) is 0.866. The van der Waals surface area contributed by atoms with Crippen LogP contribution < -0.4 is 5.32 Å². The van der Waals surface area contributed by atoms with Gasteiger partial charge in [-0.15, -0.1) is 0 Å². The molecule has 0 bridgehead atoms. The number of methoxy groups -OCH3 is 1. The van der Waals surface area contributed by atoms with Gasteiger partial charge in [-0.05, 0) is 41.0 Å². The van der Waals surface area contributed by atoms with E-state index in [2.05, 4.69) is 16.8 Å². The fraction of sp³-hybridized carbons (Fsp3) is 0.312. The molecule has 112 valence electrons. The number of nitrogens with one attached hydrogen (secondary N) is 1. The van der Waals surface area contributed by atoms with E-state index in [1.807, 2.05) is 24.3 Å². The van der Waals surface area contributed by atoms with Gasteiger partial charge in [0.25, 0.3) is 0 Å². The molecule has 3 nitrogen and oxygen atoms in total. The monoisotopic (exact) mass is 323 g/mol. The van der Waals surface area contributed by atoms with Crippen LogP contribution in [0.2, 0.25) is 5.02 Å². The molecule has 3 rings (SSSR count). The highest BCUT2D eigenvalue weighted by Gasteiger charge is 2.38. The largest absolute Gasteiger partial charge is 0.468 e. The maximum atomic E-state index is 12.0. The normalized spacial score (nSPS) is 27.1. The first-order valence-electron chi connectivity index (χ1n) is 6.91. The summed E-state index contributed by atoms with van der Waals surface area (Å²) in [7, 11) is -0.0873. The minimum atomic E-state index is -1.53. The summed E-state index contributed by atoms with van der Waals surface area (Å²) < 4.78 is 4.94. The predicted octanol–water partition coefficient (Wildman–Crippen LogP) is 3.45. The molecule has 1 aromatic carbocycles. The lowest BCUT2D eigenvalue weighted by Crippen LogP contribution is -2.26. The van der Waals surface area contributed by atoms with Crippen molar-refractivity contribution in [3.05, 3.63) is 51.3 Å². The molecular weight excluding hydrogens is 306 g/mol. The lowest BCUT2D eigenvalue weighted by atomic mass is 10.1. The van der Waals surface area contributed by atoms with Crippen molar-refractivity contribution in [3.8, 4) is 0 Å². The highest BCUT2D eigenvalue weighted by molar-refractivity contribution is 8.39. The number of carbonyl (C=O) groups excluding carboxylic acids is 1. The van der Waals surface area contributed by atoms with Crippen molar-refractivity contribution in [2.45, 2.75) is 11.3 Å². The van der Waals surface area contributed by atoms with E-state index in [4.69, 9.17) is 16.3 Å². The van der Waals surface area contributed by atoms with Crippen molar-refractivity contribution in [1.82, 2.24) is 5.32 Å². The van der Waals surface area contributed by atoms with E-state index in [-0.39, 0.29) is 5.97 Å². The Morgan fingerprint density at radius 3 is 3.00 bits per heavy atom. The van der Waals surface area contributed by atoms with Crippen molar-refractivity contribution in [2.75, 3.05) is 26.0 Å². The molecule has 2 aliphatic heterocycles. The Bertz CT molecular complexity index is 641. The number of benzene rings is 1. The molecule has 0 fully saturated rings. The summed E-state index contributed by atoms with van der Waals surface area (Å²) in [5.74, 6) is 0.199. The summed E-state index contributed by atoms with van der Waals surface area (Å²) in [6.45, 7) is 1.81. The van der Waals surface area contributed by atoms with Crippen LogP contribution in [-0.2, 0) is 9.53 Å². The summed E-state index contributed by atoms with van der Waals surface area (Å²) in [6, 6.07) is 7.85. The maximum Gasteiger partial charge on any atom is 0.315 e. The Kier molecular flexibility index (Phi) is 4.11. The van der Waals surface area contributed by atoms with Gasteiger partial charge in [0.2, 0.25) is 0 Å². The number of halogens is 1. The van der Waals surface area contributed by atoms with Crippen LogP contribution in [0, 0.1) is 0 Å². The zero-order valence-corrected chi connectivity index (χ0v) is 13.5. The number of ether oxygens (including phenoxy) is 1. The molecule has 2 heterocycles. The molecule has 0 amide bonds. The van der Waals surface area contributed by atoms with Crippen molar-refractivity contribution >= 4 is 27.6 Å². The van der Waals surface area contributed by atoms with E-state index in [0.29, 0.717) is 5.75 Å². The number of carbonyl (C=O) groups is 1. The highest BCUT2D eigenvalue weighted by atomic mass is 35.5. The molecule has 21 heavy (non-hydrogen) atoms. The fourth-order valence-electron chi connectivity index (χ4n) is 2.94. The van der Waals surface area contributed by atoms with Gasteiger partial charge in [-0.2, -0.15) is 10.0 Å². The number of rotatable bonds is 3. The average Bonchev–Trinajstić information content (AvgIpc) is 2.87. The number of hydrogen-bond acceptors (Lipinski definition) is 3. The van der Waals surface area contributed by atoms with E-state index < -0.39 is 10.0 Å². The summed E-state index contributed by atoms with van der Waals surface area (Å²) in [4.78, 5) is 14.5. The van der Waals surface area contributed by atoms with Crippen LogP contribution in [0.1, 0.15) is 6.42 Å². The third kappa shape index (κ3) is 2.52. The van der Waals surface area contributed by atoms with E-state index in [9.17, 15) is 4.79 Å². The van der Waals surface area contributed by atoms with E-state index in [1.165, 1.54) is 17.6 Å². The lowest BCUT2D eigenvalue weighted by molar-refractivity contribution is -0.137. The minimum Gasteiger partial charge on any atom is -0.468 e. The maximum absolute atomic E-state index is 12.0. The molecule has 2 aliphatic rings. The van der Waals surface area contributed by atoms with Crippen LogP contribution in [0.4, 0.5) is 0 Å². The molecule has 1 atom stereocenters. The third-order valence-electron chi connectivity index (χ3n) is 3.95. The zero-order valence-electron chi connectivity index (χ0n) is 11.9. The molecule has 0 spiro atoms. The Morgan fingerprint density at radius 1 is 1.43 bits per heavy atom. The molecule has 0 aromatic heterocycles. The van der Waals surface area contributed by atoms with Gasteiger partial charge in [0, 0.05) is 11.4 Å². The summed E-state index contributed by atoms with van der Waals surface area (Å²) in [5.41, 5.74) is 1.31. The topological polar surface area (TPSA) is 38.3 Å². The molecule has 0 aliphatic carbocycles. The minimum absolute atomic E-state index is 0.179. The standard InChI is InChI=1S/C16H18ClNO2S/c1-20-16(19)11-21(15-5-3-2-4-13(15)17)9-7-12-10-18-8-6-14(12)21/h2-5,7,9,18H,6,8,10-11H2,1H3. The Balaban J connectivity index is 2.13. The summed E-state index contributed by atoms with van der Waals surface area (Å²) >= 11 is 6.45. The second-order valence-electron chi connectivity index (χ2n) is 5.12. The summed E-state index contributed by atoms with van der Waals surface area (Å²) in [5, 5.41) is 6.31. The first kappa shape index (κ1) is 14.7. The van der Waals surface area contributed by atoms with Crippen LogP contribution in [-0.4, -0.2) is 31.9 Å². The van der Waals surface area contributed by atoms with Crippen LogP contribution in [0.3, 0.4) is 0 Å². The molecule has 0 saturated heterocycles. The van der Waals surface area contributed by atoms with Crippen molar-refractivity contribution in [3.63, 3.8) is 0 Å². The average molecular weight is 324 g/mol. The first-order chi connectivity index (χ1) is 10.2. The van der Waals surface area contributed by atoms with Gasteiger partial charge in [0.1, 0.15) is 0 Å². The third-order valence-corrected chi connectivity index (χ3v) is 8.17. The number of esters is 1. The second-order valence-corrected chi connectivity index (χ2v) is 8.61. The van der Waals surface area contributed by atoms with Crippen molar-refractivity contribution < 1.29 is 9.53 Å². The number of hydrogen-bond donors (Lipinski definition) is 1. The SMILES string of the molecule is COC(=O)CS1(c2ccccc2Cl)C=CC2=C1CCNC2. The van der Waals surface area contributed by atoms with Gasteiger partial charge in [0.15, 0.2) is 0 Å². The Labute approximate surface area is 131 Å². The summed E-state index contributed by atoms with van der Waals surface area (Å²) in [6.07, 6.45) is 3.11. The van der Waals surface area contributed by atoms with Gasteiger partial charge < -0.3 is 10.1 Å². The zero-order chi connectivity index (χ0) is 14.9. The first-order valence-corrected chi connectivity index (χ1v) is 9.15. The van der Waals surface area contributed by atoms with Crippen LogP contribution in [0.5, 0.6) is 0 Å². The Morgan fingerprint density at radius 2 is 2.24 bits per heavy atom. The van der Waals surface area contributed by atoms with Gasteiger partial charge >= 0.3 is 5.97 Å². The van der Waals surface area contributed by atoms with Crippen molar-refractivity contribution in [2.24, 2.45) is 0 Å². The van der Waals surface area contributed by atoms with Gasteiger partial charge in [-0.1, -0.05) is 29.8 Å². The second kappa shape index (κ2) is 5.87. The highest BCUT2D eigenvalue weighted by Crippen LogP contribution is 2.69. The predicted molar refractivity (Wildman–Crippen MR) is 87.8 cm³/mol.